The highest BCUT2D eigenvalue weighted by atomic mass is 32.2. The zero-order valence-electron chi connectivity index (χ0n) is 18.3. The van der Waals surface area contributed by atoms with Crippen molar-refractivity contribution in [2.75, 3.05) is 5.75 Å². The lowest BCUT2D eigenvalue weighted by molar-refractivity contribution is 0.896. The summed E-state index contributed by atoms with van der Waals surface area (Å²) < 4.78 is 0. The van der Waals surface area contributed by atoms with Gasteiger partial charge in [-0.3, -0.25) is 0 Å². The van der Waals surface area contributed by atoms with Crippen LogP contribution in [0.5, 0.6) is 0 Å². The summed E-state index contributed by atoms with van der Waals surface area (Å²) in [5, 5.41) is 0. The SMILES string of the molecule is Bc1ccc(-c2nc(-c3ccc(B)cc3)nc(-c3ccc(SCCCC)cc3)n2)cc1. The minimum Gasteiger partial charge on any atom is -0.208 e. The third kappa shape index (κ3) is 5.45. The van der Waals surface area contributed by atoms with Gasteiger partial charge in [-0.1, -0.05) is 84.9 Å². The molecule has 3 nitrogen and oxygen atoms in total. The fraction of sp³-hybridized carbons (Fsp3) is 0.160. The van der Waals surface area contributed by atoms with E-state index in [9.17, 15) is 0 Å². The molecule has 0 bridgehead atoms. The van der Waals surface area contributed by atoms with Crippen molar-refractivity contribution in [3.8, 4) is 34.2 Å². The molecule has 6 heteroatoms. The van der Waals surface area contributed by atoms with E-state index < -0.39 is 0 Å². The molecule has 0 saturated carbocycles. The summed E-state index contributed by atoms with van der Waals surface area (Å²) in [4.78, 5) is 15.7. The number of thioether (sulfide) groups is 1. The number of aromatic nitrogens is 3. The molecule has 1 heterocycles. The van der Waals surface area contributed by atoms with Gasteiger partial charge in [-0.05, 0) is 24.3 Å². The fourth-order valence-corrected chi connectivity index (χ4v) is 4.20. The molecule has 0 fully saturated rings. The second kappa shape index (κ2) is 9.97. The lowest BCUT2D eigenvalue weighted by atomic mass is 9.95. The summed E-state index contributed by atoms with van der Waals surface area (Å²) in [5.41, 5.74) is 5.42. The van der Waals surface area contributed by atoms with Gasteiger partial charge in [-0.2, -0.15) is 0 Å². The van der Waals surface area contributed by atoms with Crippen LogP contribution in [0.25, 0.3) is 34.2 Å². The number of rotatable bonds is 7. The standard InChI is InChI=1S/C25H25B2N3S/c1-2-3-16-31-22-14-8-19(9-15-22)25-29-23(17-4-10-20(26)11-5-17)28-24(30-25)18-6-12-21(27)13-7-18/h4-15H,2-3,16,26-27H2,1H3. The molecular weight excluding hydrogens is 396 g/mol. The normalized spacial score (nSPS) is 10.9. The van der Waals surface area contributed by atoms with Crippen molar-refractivity contribution in [1.82, 2.24) is 15.0 Å². The van der Waals surface area contributed by atoms with E-state index in [2.05, 4.69) is 95.4 Å². The van der Waals surface area contributed by atoms with E-state index in [4.69, 9.17) is 15.0 Å². The Balaban J connectivity index is 1.74. The third-order valence-electron chi connectivity index (χ3n) is 5.13. The molecule has 0 radical (unpaired) electrons. The van der Waals surface area contributed by atoms with Crippen molar-refractivity contribution < 1.29 is 0 Å². The van der Waals surface area contributed by atoms with Gasteiger partial charge in [0.05, 0.1) is 0 Å². The van der Waals surface area contributed by atoms with E-state index in [1.807, 2.05) is 11.8 Å². The first-order chi connectivity index (χ1) is 15.1. The van der Waals surface area contributed by atoms with Gasteiger partial charge in [-0.25, -0.2) is 15.0 Å². The molecule has 0 unspecified atom stereocenters. The predicted molar refractivity (Wildman–Crippen MR) is 138 cm³/mol. The molecule has 0 aliphatic heterocycles. The number of benzene rings is 3. The Bertz CT molecular complexity index is 1080. The van der Waals surface area contributed by atoms with E-state index in [0.717, 1.165) is 22.4 Å². The van der Waals surface area contributed by atoms with Crippen LogP contribution >= 0.6 is 11.8 Å². The Morgan fingerprint density at radius 3 is 1.39 bits per heavy atom. The molecule has 4 rings (SSSR count). The van der Waals surface area contributed by atoms with Crippen LogP contribution in [0.1, 0.15) is 19.8 Å². The average molecular weight is 421 g/mol. The van der Waals surface area contributed by atoms with Crippen molar-refractivity contribution in [2.45, 2.75) is 24.7 Å². The zero-order chi connectivity index (χ0) is 21.6. The highest BCUT2D eigenvalue weighted by Gasteiger charge is 2.12. The van der Waals surface area contributed by atoms with Crippen LogP contribution in [0.3, 0.4) is 0 Å². The summed E-state index contributed by atoms with van der Waals surface area (Å²) in [6.45, 7) is 2.22. The van der Waals surface area contributed by atoms with Crippen LogP contribution in [0, 0.1) is 0 Å². The number of nitrogens with zero attached hydrogens (tertiary/aromatic N) is 3. The van der Waals surface area contributed by atoms with Crippen molar-refractivity contribution in [1.29, 1.82) is 0 Å². The molecule has 1 aromatic heterocycles. The first kappa shape index (κ1) is 21.4. The highest BCUT2D eigenvalue weighted by molar-refractivity contribution is 7.99. The first-order valence-corrected chi connectivity index (χ1v) is 11.7. The molecule has 0 atom stereocenters. The Kier molecular flexibility index (Phi) is 6.88. The average Bonchev–Trinajstić information content (AvgIpc) is 2.80. The maximum absolute atomic E-state index is 4.82. The number of hydrogen-bond donors (Lipinski definition) is 0. The predicted octanol–water partition coefficient (Wildman–Crippen LogP) is 3.28. The third-order valence-corrected chi connectivity index (χ3v) is 6.23. The summed E-state index contributed by atoms with van der Waals surface area (Å²) in [6, 6.07) is 25.2. The number of unbranched alkanes of at least 4 members (excludes halogenated alkanes) is 1. The highest BCUT2D eigenvalue weighted by Crippen LogP contribution is 2.26. The van der Waals surface area contributed by atoms with Gasteiger partial charge >= 0.3 is 0 Å². The number of hydrogen-bond acceptors (Lipinski definition) is 4. The molecular formula is C25H25B2N3S. The van der Waals surface area contributed by atoms with Crippen molar-refractivity contribution in [3.63, 3.8) is 0 Å². The molecule has 31 heavy (non-hydrogen) atoms. The van der Waals surface area contributed by atoms with Crippen LogP contribution in [0.2, 0.25) is 0 Å². The van der Waals surface area contributed by atoms with Gasteiger partial charge in [0.1, 0.15) is 15.7 Å². The van der Waals surface area contributed by atoms with Gasteiger partial charge < -0.3 is 0 Å². The molecule has 3 aromatic carbocycles. The topological polar surface area (TPSA) is 38.7 Å². The van der Waals surface area contributed by atoms with Gasteiger partial charge in [-0.15, -0.1) is 11.8 Å². The van der Waals surface area contributed by atoms with Gasteiger partial charge in [0.25, 0.3) is 0 Å². The molecule has 4 aromatic rings. The Morgan fingerprint density at radius 2 is 1.00 bits per heavy atom. The smallest absolute Gasteiger partial charge is 0.164 e. The molecule has 0 amide bonds. The fourth-order valence-electron chi connectivity index (χ4n) is 3.20. The van der Waals surface area contributed by atoms with Crippen LogP contribution in [-0.4, -0.2) is 36.4 Å². The molecule has 0 aliphatic rings. The minimum atomic E-state index is 0.696. The second-order valence-corrected chi connectivity index (χ2v) is 8.93. The molecule has 0 N–H and O–H groups in total. The van der Waals surface area contributed by atoms with Crippen LogP contribution in [-0.2, 0) is 0 Å². The Labute approximate surface area is 190 Å². The van der Waals surface area contributed by atoms with Crippen molar-refractivity contribution in [3.05, 3.63) is 72.8 Å². The van der Waals surface area contributed by atoms with Crippen LogP contribution in [0.15, 0.2) is 77.7 Å². The zero-order valence-corrected chi connectivity index (χ0v) is 19.1. The quantitative estimate of drug-likeness (QED) is 0.261. The van der Waals surface area contributed by atoms with Gasteiger partial charge in [0.15, 0.2) is 17.5 Å². The van der Waals surface area contributed by atoms with Gasteiger partial charge in [0.2, 0.25) is 0 Å². The maximum Gasteiger partial charge on any atom is 0.164 e. The van der Waals surface area contributed by atoms with E-state index in [-0.39, 0.29) is 0 Å². The minimum absolute atomic E-state index is 0.696. The van der Waals surface area contributed by atoms with Gasteiger partial charge in [0, 0.05) is 21.6 Å². The molecule has 152 valence electrons. The Morgan fingerprint density at radius 1 is 0.613 bits per heavy atom. The maximum atomic E-state index is 4.82. The van der Waals surface area contributed by atoms with Crippen LogP contribution < -0.4 is 10.9 Å². The Hall–Kier alpha value is -2.85. The molecule has 0 spiro atoms. The van der Waals surface area contributed by atoms with Crippen molar-refractivity contribution >= 4 is 38.4 Å². The van der Waals surface area contributed by atoms with Crippen LogP contribution in [0.4, 0.5) is 0 Å². The molecule has 0 saturated heterocycles. The lowest BCUT2D eigenvalue weighted by Crippen LogP contribution is -2.04. The van der Waals surface area contributed by atoms with E-state index >= 15 is 0 Å². The largest absolute Gasteiger partial charge is 0.208 e. The summed E-state index contributed by atoms with van der Waals surface area (Å²) in [7, 11) is 4.17. The van der Waals surface area contributed by atoms with E-state index in [1.54, 1.807) is 0 Å². The monoisotopic (exact) mass is 421 g/mol. The second-order valence-electron chi connectivity index (χ2n) is 7.76. The first-order valence-electron chi connectivity index (χ1n) is 10.8. The lowest BCUT2D eigenvalue weighted by Gasteiger charge is -2.09. The summed E-state index contributed by atoms with van der Waals surface area (Å²) in [6.07, 6.45) is 2.46. The van der Waals surface area contributed by atoms with E-state index in [1.165, 1.54) is 28.7 Å². The summed E-state index contributed by atoms with van der Waals surface area (Å²) >= 11 is 1.90. The van der Waals surface area contributed by atoms with Crippen molar-refractivity contribution in [2.24, 2.45) is 0 Å². The summed E-state index contributed by atoms with van der Waals surface area (Å²) in [5.74, 6) is 3.24. The molecule has 0 aliphatic carbocycles. The van der Waals surface area contributed by atoms with E-state index in [0.29, 0.717) is 17.5 Å².